The Morgan fingerprint density at radius 3 is 2.07 bits per heavy atom. The van der Waals surface area contributed by atoms with Crippen LogP contribution in [0.15, 0.2) is 41.3 Å². The van der Waals surface area contributed by atoms with Crippen molar-refractivity contribution in [3.05, 3.63) is 41.4 Å². The van der Waals surface area contributed by atoms with Gasteiger partial charge < -0.3 is 19.1 Å². The van der Waals surface area contributed by atoms with Gasteiger partial charge in [0.05, 0.1) is 32.0 Å². The number of halogens is 1. The number of para-hydroxylation sites is 2. The van der Waals surface area contributed by atoms with Crippen LogP contribution >= 0.6 is 11.6 Å². The molecule has 1 fully saturated rings. The number of anilines is 1. The lowest BCUT2D eigenvalue weighted by Gasteiger charge is -2.36. The predicted octanol–water partition coefficient (Wildman–Crippen LogP) is 2.88. The zero-order valence-corrected chi connectivity index (χ0v) is 17.6. The number of nitrogens with zero attached hydrogens (tertiary/aromatic N) is 2. The third-order valence-corrected chi connectivity index (χ3v) is 6.94. The maximum atomic E-state index is 13.2. The van der Waals surface area contributed by atoms with Crippen molar-refractivity contribution in [1.29, 1.82) is 0 Å². The molecule has 0 amide bonds. The van der Waals surface area contributed by atoms with E-state index in [-0.39, 0.29) is 16.4 Å². The van der Waals surface area contributed by atoms with Gasteiger partial charge in [0.2, 0.25) is 10.0 Å². The van der Waals surface area contributed by atoms with Crippen molar-refractivity contribution < 1.29 is 22.6 Å². The topological polar surface area (TPSA) is 68.3 Å². The Morgan fingerprint density at radius 2 is 1.46 bits per heavy atom. The molecule has 1 heterocycles. The largest absolute Gasteiger partial charge is 0.495 e. The molecule has 9 heteroatoms. The highest BCUT2D eigenvalue weighted by Crippen LogP contribution is 2.37. The molecule has 28 heavy (non-hydrogen) atoms. The number of rotatable bonds is 6. The minimum Gasteiger partial charge on any atom is -0.495 e. The Labute approximate surface area is 170 Å². The van der Waals surface area contributed by atoms with E-state index in [1.165, 1.54) is 30.7 Å². The predicted molar refractivity (Wildman–Crippen MR) is 109 cm³/mol. The molecule has 1 aliphatic rings. The lowest BCUT2D eigenvalue weighted by atomic mass is 10.2. The summed E-state index contributed by atoms with van der Waals surface area (Å²) in [6.07, 6.45) is 0. The molecule has 0 radical (unpaired) electrons. The zero-order valence-electron chi connectivity index (χ0n) is 16.0. The molecule has 1 saturated heterocycles. The van der Waals surface area contributed by atoms with Crippen LogP contribution in [0.2, 0.25) is 5.02 Å². The van der Waals surface area contributed by atoms with E-state index in [1.807, 2.05) is 24.3 Å². The van der Waals surface area contributed by atoms with Crippen LogP contribution in [0.3, 0.4) is 0 Å². The Balaban J connectivity index is 1.84. The van der Waals surface area contributed by atoms with Gasteiger partial charge in [-0.15, -0.1) is 0 Å². The van der Waals surface area contributed by atoms with Crippen molar-refractivity contribution in [2.45, 2.75) is 4.90 Å². The van der Waals surface area contributed by atoms with Gasteiger partial charge in [0.1, 0.15) is 22.1 Å². The van der Waals surface area contributed by atoms with Crippen molar-refractivity contribution in [2.24, 2.45) is 0 Å². The fraction of sp³-hybridized carbons (Fsp3) is 0.368. The van der Waals surface area contributed by atoms with E-state index in [0.717, 1.165) is 11.4 Å². The van der Waals surface area contributed by atoms with E-state index < -0.39 is 10.0 Å². The van der Waals surface area contributed by atoms with Gasteiger partial charge in [-0.1, -0.05) is 23.7 Å². The average Bonchev–Trinajstić information content (AvgIpc) is 2.73. The molecular weight excluding hydrogens is 404 g/mol. The van der Waals surface area contributed by atoms with E-state index in [0.29, 0.717) is 31.2 Å². The smallest absolute Gasteiger partial charge is 0.247 e. The Bertz CT molecular complexity index is 943. The molecule has 3 rings (SSSR count). The Hall–Kier alpha value is -2.16. The molecule has 0 bridgehead atoms. The summed E-state index contributed by atoms with van der Waals surface area (Å²) < 4.78 is 43.7. The molecule has 0 aliphatic carbocycles. The van der Waals surface area contributed by atoms with Crippen LogP contribution in [0.25, 0.3) is 0 Å². The molecule has 0 N–H and O–H groups in total. The summed E-state index contributed by atoms with van der Waals surface area (Å²) in [4.78, 5) is 2.16. The quantitative estimate of drug-likeness (QED) is 0.707. The van der Waals surface area contributed by atoms with Crippen LogP contribution in [0.5, 0.6) is 17.2 Å². The molecule has 1 aliphatic heterocycles. The average molecular weight is 427 g/mol. The third-order valence-electron chi connectivity index (χ3n) is 4.72. The van der Waals surface area contributed by atoms with Gasteiger partial charge in [0, 0.05) is 38.3 Å². The van der Waals surface area contributed by atoms with Crippen LogP contribution in [0.4, 0.5) is 5.69 Å². The lowest BCUT2D eigenvalue weighted by molar-refractivity contribution is 0.368. The zero-order chi connectivity index (χ0) is 20.3. The summed E-state index contributed by atoms with van der Waals surface area (Å²) in [6.45, 7) is 1.78. The van der Waals surface area contributed by atoms with Crippen LogP contribution in [-0.2, 0) is 10.0 Å². The van der Waals surface area contributed by atoms with Crippen molar-refractivity contribution >= 4 is 27.3 Å². The van der Waals surface area contributed by atoms with E-state index >= 15 is 0 Å². The maximum Gasteiger partial charge on any atom is 0.247 e. The van der Waals surface area contributed by atoms with Crippen molar-refractivity contribution in [3.8, 4) is 17.2 Å². The summed E-state index contributed by atoms with van der Waals surface area (Å²) in [5, 5.41) is 0.291. The van der Waals surface area contributed by atoms with Gasteiger partial charge in [0.15, 0.2) is 0 Å². The number of methoxy groups -OCH3 is 3. The van der Waals surface area contributed by atoms with Gasteiger partial charge in [0.25, 0.3) is 0 Å². The molecule has 2 aromatic carbocycles. The second-order valence-corrected chi connectivity index (χ2v) is 8.51. The summed E-state index contributed by atoms with van der Waals surface area (Å²) >= 11 is 6.10. The molecular formula is C19H23ClN2O5S. The summed E-state index contributed by atoms with van der Waals surface area (Å²) in [5.41, 5.74) is 0.952. The first kappa shape index (κ1) is 20.6. The molecule has 0 unspecified atom stereocenters. The van der Waals surface area contributed by atoms with Crippen LogP contribution < -0.4 is 19.1 Å². The number of sulfonamides is 1. The van der Waals surface area contributed by atoms with Gasteiger partial charge in [-0.2, -0.15) is 4.31 Å². The maximum absolute atomic E-state index is 13.2. The first-order valence-electron chi connectivity index (χ1n) is 8.72. The lowest BCUT2D eigenvalue weighted by Crippen LogP contribution is -2.48. The first-order valence-corrected chi connectivity index (χ1v) is 10.5. The third kappa shape index (κ3) is 3.85. The van der Waals surface area contributed by atoms with Crippen LogP contribution in [0, 0.1) is 0 Å². The highest BCUT2D eigenvalue weighted by Gasteiger charge is 2.32. The van der Waals surface area contributed by atoms with Crippen LogP contribution in [-0.4, -0.2) is 60.2 Å². The molecule has 2 aromatic rings. The summed E-state index contributed by atoms with van der Waals surface area (Å²) in [5.74, 6) is 1.24. The number of benzene rings is 2. The van der Waals surface area contributed by atoms with Gasteiger partial charge >= 0.3 is 0 Å². The number of hydrogen-bond acceptors (Lipinski definition) is 6. The summed E-state index contributed by atoms with van der Waals surface area (Å²) in [7, 11) is 0.715. The fourth-order valence-electron chi connectivity index (χ4n) is 3.23. The second-order valence-electron chi connectivity index (χ2n) is 6.20. The molecule has 0 atom stereocenters. The molecule has 152 valence electrons. The van der Waals surface area contributed by atoms with E-state index in [2.05, 4.69) is 4.90 Å². The first-order chi connectivity index (χ1) is 13.4. The SMILES string of the molecule is COc1cc(S(=O)(=O)N2CCN(c3ccccc3OC)CC2)c(OC)cc1Cl. The number of hydrogen-bond donors (Lipinski definition) is 0. The van der Waals surface area contributed by atoms with Crippen LogP contribution in [0.1, 0.15) is 0 Å². The minimum atomic E-state index is -3.76. The van der Waals surface area contributed by atoms with Crippen molar-refractivity contribution in [1.82, 2.24) is 4.31 Å². The second kappa shape index (κ2) is 8.46. The van der Waals surface area contributed by atoms with Gasteiger partial charge in [-0.05, 0) is 12.1 Å². The Morgan fingerprint density at radius 1 is 0.857 bits per heavy atom. The summed E-state index contributed by atoms with van der Waals surface area (Å²) in [6, 6.07) is 10.6. The highest BCUT2D eigenvalue weighted by atomic mass is 35.5. The fourth-order valence-corrected chi connectivity index (χ4v) is 5.04. The molecule has 0 aromatic heterocycles. The number of ether oxygens (including phenoxy) is 3. The normalized spacial score (nSPS) is 15.4. The van der Waals surface area contributed by atoms with E-state index in [9.17, 15) is 8.42 Å². The molecule has 7 nitrogen and oxygen atoms in total. The van der Waals surface area contributed by atoms with Gasteiger partial charge in [-0.3, -0.25) is 0 Å². The van der Waals surface area contributed by atoms with E-state index in [1.54, 1.807) is 7.11 Å². The van der Waals surface area contributed by atoms with Gasteiger partial charge in [-0.25, -0.2) is 8.42 Å². The van der Waals surface area contributed by atoms with Crippen molar-refractivity contribution in [2.75, 3.05) is 52.4 Å². The standard InChI is InChI=1S/C19H23ClN2O5S/c1-25-16-7-5-4-6-15(16)21-8-10-22(11-9-21)28(23,24)19-13-17(26-2)14(20)12-18(19)27-3/h4-7,12-13H,8-11H2,1-3H3. The van der Waals surface area contributed by atoms with E-state index in [4.69, 9.17) is 25.8 Å². The van der Waals surface area contributed by atoms with Crippen molar-refractivity contribution in [3.63, 3.8) is 0 Å². The highest BCUT2D eigenvalue weighted by molar-refractivity contribution is 7.89. The number of piperazine rings is 1. The monoisotopic (exact) mass is 426 g/mol. The minimum absolute atomic E-state index is 0.0435. The Kier molecular flexibility index (Phi) is 6.22. The molecule has 0 spiro atoms. The molecule has 0 saturated carbocycles.